The molecule has 4 rings (SSSR count). The first-order valence-electron chi connectivity index (χ1n) is 10.5. The first-order valence-corrected chi connectivity index (χ1v) is 10.5. The number of fused-ring (bicyclic) bond motifs is 1. The van der Waals surface area contributed by atoms with Gasteiger partial charge in [-0.1, -0.05) is 32.0 Å². The van der Waals surface area contributed by atoms with E-state index in [-0.39, 0.29) is 17.7 Å². The Labute approximate surface area is 171 Å². The summed E-state index contributed by atoms with van der Waals surface area (Å²) < 4.78 is 2.09. The minimum atomic E-state index is -0.0878. The molecule has 0 aliphatic carbocycles. The average molecular weight is 392 g/mol. The van der Waals surface area contributed by atoms with Crippen molar-refractivity contribution in [3.8, 4) is 0 Å². The van der Waals surface area contributed by atoms with Gasteiger partial charge in [0.15, 0.2) is 0 Å². The van der Waals surface area contributed by atoms with E-state index >= 15 is 0 Å². The second-order valence-corrected chi connectivity index (χ2v) is 8.03. The van der Waals surface area contributed by atoms with Crippen LogP contribution in [0.2, 0.25) is 0 Å². The number of para-hydroxylation sites is 1. The highest BCUT2D eigenvalue weighted by Gasteiger charge is 2.29. The lowest BCUT2D eigenvalue weighted by atomic mass is 9.92. The van der Waals surface area contributed by atoms with E-state index in [0.717, 1.165) is 53.9 Å². The molecule has 0 unspecified atom stereocenters. The second kappa shape index (κ2) is 8.23. The van der Waals surface area contributed by atoms with Crippen molar-refractivity contribution in [2.24, 2.45) is 5.92 Å². The SMILES string of the molecule is CCc1nccn1C[C@@H](C)C(=O)N1CCC[C@@H](c2nc3ccccc3cc2N)C1. The molecule has 3 heterocycles. The molecule has 6 nitrogen and oxygen atoms in total. The zero-order chi connectivity index (χ0) is 20.4. The van der Waals surface area contributed by atoms with Crippen molar-refractivity contribution in [2.75, 3.05) is 18.8 Å². The van der Waals surface area contributed by atoms with Gasteiger partial charge in [-0.05, 0) is 25.0 Å². The average Bonchev–Trinajstić information content (AvgIpc) is 3.19. The highest BCUT2D eigenvalue weighted by Crippen LogP contribution is 2.32. The van der Waals surface area contributed by atoms with E-state index in [1.807, 2.05) is 48.4 Å². The molecule has 1 aromatic carbocycles. The number of hydrogen-bond donors (Lipinski definition) is 1. The summed E-state index contributed by atoms with van der Waals surface area (Å²) in [5.74, 6) is 1.32. The maximum atomic E-state index is 13.1. The third kappa shape index (κ3) is 3.97. The number of nitrogen functional groups attached to an aromatic ring is 1. The largest absolute Gasteiger partial charge is 0.397 e. The van der Waals surface area contributed by atoms with Gasteiger partial charge in [0, 0.05) is 49.8 Å². The quantitative estimate of drug-likeness (QED) is 0.721. The van der Waals surface area contributed by atoms with Crippen molar-refractivity contribution >= 4 is 22.5 Å². The molecule has 1 saturated heterocycles. The summed E-state index contributed by atoms with van der Waals surface area (Å²) in [6.07, 6.45) is 6.62. The number of pyridine rings is 1. The molecule has 2 aromatic heterocycles. The molecule has 0 bridgehead atoms. The van der Waals surface area contributed by atoms with Crippen molar-refractivity contribution in [1.29, 1.82) is 0 Å². The van der Waals surface area contributed by atoms with Crippen LogP contribution in [0.4, 0.5) is 5.69 Å². The number of piperidine rings is 1. The predicted octanol–water partition coefficient (Wildman–Crippen LogP) is 3.62. The highest BCUT2D eigenvalue weighted by atomic mass is 16.2. The van der Waals surface area contributed by atoms with Crippen LogP contribution in [0, 0.1) is 5.92 Å². The fourth-order valence-corrected chi connectivity index (χ4v) is 4.38. The molecule has 1 amide bonds. The van der Waals surface area contributed by atoms with Crippen molar-refractivity contribution in [1.82, 2.24) is 19.4 Å². The molecular formula is C23H29N5O. The summed E-state index contributed by atoms with van der Waals surface area (Å²) in [7, 11) is 0. The Kier molecular flexibility index (Phi) is 5.51. The molecule has 1 fully saturated rings. The Balaban J connectivity index is 1.49. The van der Waals surface area contributed by atoms with Gasteiger partial charge in [-0.3, -0.25) is 9.78 Å². The van der Waals surface area contributed by atoms with Gasteiger partial charge < -0.3 is 15.2 Å². The highest BCUT2D eigenvalue weighted by molar-refractivity contribution is 5.82. The first-order chi connectivity index (χ1) is 14.1. The summed E-state index contributed by atoms with van der Waals surface area (Å²) in [4.78, 5) is 24.3. The normalized spacial score (nSPS) is 18.1. The summed E-state index contributed by atoms with van der Waals surface area (Å²) in [5, 5.41) is 1.05. The van der Waals surface area contributed by atoms with Crippen LogP contribution in [0.15, 0.2) is 42.7 Å². The predicted molar refractivity (Wildman–Crippen MR) is 115 cm³/mol. The molecule has 6 heteroatoms. The second-order valence-electron chi connectivity index (χ2n) is 8.03. The minimum Gasteiger partial charge on any atom is -0.397 e. The summed E-state index contributed by atoms with van der Waals surface area (Å²) in [5.41, 5.74) is 8.96. The van der Waals surface area contributed by atoms with Crippen molar-refractivity contribution in [3.63, 3.8) is 0 Å². The number of anilines is 1. The van der Waals surface area contributed by atoms with Crippen molar-refractivity contribution < 1.29 is 4.79 Å². The van der Waals surface area contributed by atoms with E-state index in [4.69, 9.17) is 10.7 Å². The Morgan fingerprint density at radius 1 is 1.34 bits per heavy atom. The molecule has 2 N–H and O–H groups in total. The van der Waals surface area contributed by atoms with Crippen LogP contribution in [-0.2, 0) is 17.8 Å². The fraction of sp³-hybridized carbons (Fsp3) is 0.435. The van der Waals surface area contributed by atoms with E-state index in [0.29, 0.717) is 13.1 Å². The van der Waals surface area contributed by atoms with Gasteiger partial charge in [0.25, 0.3) is 0 Å². The number of benzene rings is 1. The van der Waals surface area contributed by atoms with Gasteiger partial charge in [-0.2, -0.15) is 0 Å². The zero-order valence-corrected chi connectivity index (χ0v) is 17.2. The Bertz CT molecular complexity index is 1010. The van der Waals surface area contributed by atoms with Gasteiger partial charge in [0.2, 0.25) is 5.91 Å². The van der Waals surface area contributed by atoms with Crippen LogP contribution in [-0.4, -0.2) is 38.4 Å². The molecule has 1 aliphatic rings. The van der Waals surface area contributed by atoms with Gasteiger partial charge >= 0.3 is 0 Å². The van der Waals surface area contributed by atoms with Gasteiger partial charge in [0.1, 0.15) is 5.82 Å². The molecular weight excluding hydrogens is 362 g/mol. The van der Waals surface area contributed by atoms with E-state index in [2.05, 4.69) is 16.5 Å². The van der Waals surface area contributed by atoms with E-state index in [9.17, 15) is 4.79 Å². The zero-order valence-electron chi connectivity index (χ0n) is 17.2. The number of nitrogens with two attached hydrogens (primary N) is 1. The monoisotopic (exact) mass is 391 g/mol. The number of likely N-dealkylation sites (tertiary alicyclic amines) is 1. The summed E-state index contributed by atoms with van der Waals surface area (Å²) >= 11 is 0. The lowest BCUT2D eigenvalue weighted by molar-refractivity contribution is -0.136. The number of rotatable bonds is 5. The Morgan fingerprint density at radius 3 is 3.00 bits per heavy atom. The Hall–Kier alpha value is -2.89. The van der Waals surface area contributed by atoms with E-state index < -0.39 is 0 Å². The minimum absolute atomic E-state index is 0.0878. The summed E-state index contributed by atoms with van der Waals surface area (Å²) in [6.45, 7) is 6.25. The molecule has 0 radical (unpaired) electrons. The third-order valence-electron chi connectivity index (χ3n) is 5.91. The van der Waals surface area contributed by atoms with Crippen LogP contribution in [0.25, 0.3) is 10.9 Å². The number of aryl methyl sites for hydroxylation is 1. The van der Waals surface area contributed by atoms with Gasteiger partial charge in [-0.25, -0.2) is 4.98 Å². The van der Waals surface area contributed by atoms with Crippen molar-refractivity contribution in [2.45, 2.75) is 45.6 Å². The number of nitrogens with zero attached hydrogens (tertiary/aromatic N) is 4. The number of imidazole rings is 1. The summed E-state index contributed by atoms with van der Waals surface area (Å²) in [6, 6.07) is 10.0. The number of hydrogen-bond acceptors (Lipinski definition) is 4. The number of amides is 1. The standard InChI is InChI=1S/C23H29N5O/c1-3-21-25-10-12-27(21)14-16(2)23(29)28-11-6-8-18(15-28)22-19(24)13-17-7-4-5-9-20(17)26-22/h4-5,7,9-10,12-13,16,18H,3,6,8,11,14-15,24H2,1-2H3/t16-,18-/m1/s1. The fourth-order valence-electron chi connectivity index (χ4n) is 4.38. The molecule has 3 aromatic rings. The van der Waals surface area contributed by atoms with Crippen LogP contribution in [0.3, 0.4) is 0 Å². The topological polar surface area (TPSA) is 77.0 Å². The first kappa shape index (κ1) is 19.4. The molecule has 152 valence electrons. The Morgan fingerprint density at radius 2 is 2.17 bits per heavy atom. The van der Waals surface area contributed by atoms with Crippen LogP contribution >= 0.6 is 0 Å². The van der Waals surface area contributed by atoms with Gasteiger partial charge in [0.05, 0.1) is 22.8 Å². The van der Waals surface area contributed by atoms with E-state index in [1.165, 1.54) is 0 Å². The molecule has 1 aliphatic heterocycles. The number of carbonyl (C=O) groups is 1. The third-order valence-corrected chi connectivity index (χ3v) is 5.91. The lowest BCUT2D eigenvalue weighted by Crippen LogP contribution is -2.43. The van der Waals surface area contributed by atoms with Crippen LogP contribution < -0.4 is 5.73 Å². The maximum absolute atomic E-state index is 13.1. The molecule has 0 saturated carbocycles. The maximum Gasteiger partial charge on any atom is 0.227 e. The molecule has 2 atom stereocenters. The molecule has 29 heavy (non-hydrogen) atoms. The van der Waals surface area contributed by atoms with Crippen molar-refractivity contribution in [3.05, 3.63) is 54.2 Å². The van der Waals surface area contributed by atoms with Gasteiger partial charge in [-0.15, -0.1) is 0 Å². The number of aromatic nitrogens is 3. The van der Waals surface area contributed by atoms with Crippen LogP contribution in [0.1, 0.15) is 44.1 Å². The number of carbonyl (C=O) groups excluding carboxylic acids is 1. The lowest BCUT2D eigenvalue weighted by Gasteiger charge is -2.34. The van der Waals surface area contributed by atoms with Crippen LogP contribution in [0.5, 0.6) is 0 Å². The smallest absolute Gasteiger partial charge is 0.227 e. The van der Waals surface area contributed by atoms with E-state index in [1.54, 1.807) is 6.20 Å². The molecule has 0 spiro atoms.